The third kappa shape index (κ3) is 0.852. The first-order chi connectivity index (χ1) is 6.86. The molecule has 3 rings (SSSR count). The van der Waals surface area contributed by atoms with E-state index >= 15 is 0 Å². The number of hydrogen-bond acceptors (Lipinski definition) is 3. The molecule has 0 spiro atoms. The van der Waals surface area contributed by atoms with Crippen LogP contribution in [0.15, 0.2) is 39.4 Å². The van der Waals surface area contributed by atoms with Crippen LogP contribution >= 0.6 is 0 Å². The smallest absolute Gasteiger partial charge is 0.204 e. The lowest BCUT2D eigenvalue weighted by molar-refractivity contribution is 0.594. The monoisotopic (exact) mass is 183 g/mol. The summed E-state index contributed by atoms with van der Waals surface area (Å²) >= 11 is 0. The first kappa shape index (κ1) is 7.22. The molecule has 0 bridgehead atoms. The fourth-order valence-corrected chi connectivity index (χ4v) is 1.55. The zero-order valence-corrected chi connectivity index (χ0v) is 7.15. The minimum absolute atomic E-state index is 0.327. The molecule has 3 aromatic rings. The van der Waals surface area contributed by atoms with Gasteiger partial charge in [0, 0.05) is 22.9 Å². The van der Waals surface area contributed by atoms with Crippen molar-refractivity contribution >= 4 is 21.9 Å². The van der Waals surface area contributed by atoms with E-state index in [0.29, 0.717) is 11.3 Å². The highest BCUT2D eigenvalue weighted by atomic mass is 16.3. The van der Waals surface area contributed by atoms with Gasteiger partial charge in [0.05, 0.1) is 6.26 Å². The summed E-state index contributed by atoms with van der Waals surface area (Å²) in [6, 6.07) is 9.31. The third-order valence-electron chi connectivity index (χ3n) is 2.20. The molecule has 2 aromatic heterocycles. The highest BCUT2D eigenvalue weighted by Crippen LogP contribution is 2.25. The molecule has 3 nitrogen and oxygen atoms in total. The Kier molecular flexibility index (Phi) is 1.23. The summed E-state index contributed by atoms with van der Waals surface area (Å²) in [5, 5.41) is 10.6. The van der Waals surface area contributed by atoms with Crippen LogP contribution in [0.3, 0.4) is 0 Å². The first-order valence-electron chi connectivity index (χ1n) is 4.18. The van der Waals surface area contributed by atoms with Crippen molar-refractivity contribution in [1.82, 2.24) is 0 Å². The maximum Gasteiger partial charge on any atom is 0.204 e. The van der Waals surface area contributed by atoms with Crippen molar-refractivity contribution in [3.63, 3.8) is 0 Å². The molecule has 0 atom stereocenters. The van der Waals surface area contributed by atoms with Gasteiger partial charge in [0.25, 0.3) is 0 Å². The predicted octanol–water partition coefficient (Wildman–Crippen LogP) is 3.05. The van der Waals surface area contributed by atoms with Crippen LogP contribution in [-0.2, 0) is 0 Å². The molecule has 0 aliphatic rings. The molecule has 66 valence electrons. The van der Waals surface area contributed by atoms with Gasteiger partial charge < -0.3 is 8.83 Å². The zero-order valence-electron chi connectivity index (χ0n) is 7.15. The Morgan fingerprint density at radius 1 is 1.07 bits per heavy atom. The van der Waals surface area contributed by atoms with E-state index in [0.717, 1.165) is 16.4 Å². The Bertz CT molecular complexity index is 607. The van der Waals surface area contributed by atoms with Crippen LogP contribution in [0.2, 0.25) is 0 Å². The first-order valence-corrected chi connectivity index (χ1v) is 4.18. The Balaban J connectivity index is 2.48. The quantitative estimate of drug-likeness (QED) is 0.538. The van der Waals surface area contributed by atoms with Crippen LogP contribution in [0, 0.1) is 11.3 Å². The number of benzene rings is 1. The number of hydrogen-bond donors (Lipinski definition) is 0. The van der Waals surface area contributed by atoms with Crippen LogP contribution in [0.4, 0.5) is 0 Å². The van der Waals surface area contributed by atoms with E-state index in [-0.39, 0.29) is 0 Å². The van der Waals surface area contributed by atoms with Crippen LogP contribution < -0.4 is 0 Å². The van der Waals surface area contributed by atoms with E-state index in [1.165, 1.54) is 0 Å². The second kappa shape index (κ2) is 2.39. The minimum Gasteiger partial charge on any atom is -0.464 e. The standard InChI is InChI=1S/C11H5NO2/c12-6-9-4-8-3-7-1-2-13-10(7)5-11(8)14-9/h1-5H. The molecule has 0 aliphatic carbocycles. The maximum absolute atomic E-state index is 8.66. The molecule has 0 unspecified atom stereocenters. The highest BCUT2D eigenvalue weighted by Gasteiger charge is 2.05. The Morgan fingerprint density at radius 2 is 2.00 bits per heavy atom. The summed E-state index contributed by atoms with van der Waals surface area (Å²) < 4.78 is 10.5. The summed E-state index contributed by atoms with van der Waals surface area (Å²) in [7, 11) is 0. The number of rotatable bonds is 0. The lowest BCUT2D eigenvalue weighted by atomic mass is 10.2. The van der Waals surface area contributed by atoms with Gasteiger partial charge in [-0.1, -0.05) is 0 Å². The number of nitriles is 1. The molecule has 0 saturated heterocycles. The molecule has 0 fully saturated rings. The molecule has 0 saturated carbocycles. The molecule has 2 heterocycles. The van der Waals surface area contributed by atoms with Gasteiger partial charge in [-0.2, -0.15) is 5.26 Å². The van der Waals surface area contributed by atoms with Crippen molar-refractivity contribution in [3.8, 4) is 6.07 Å². The number of fused-ring (bicyclic) bond motifs is 2. The van der Waals surface area contributed by atoms with Crippen molar-refractivity contribution in [2.24, 2.45) is 0 Å². The van der Waals surface area contributed by atoms with Gasteiger partial charge in [0.2, 0.25) is 5.76 Å². The van der Waals surface area contributed by atoms with Crippen molar-refractivity contribution in [2.75, 3.05) is 0 Å². The molecular weight excluding hydrogens is 178 g/mol. The Morgan fingerprint density at radius 3 is 2.86 bits per heavy atom. The summed E-state index contributed by atoms with van der Waals surface area (Å²) in [6.45, 7) is 0. The second-order valence-corrected chi connectivity index (χ2v) is 3.07. The van der Waals surface area contributed by atoms with Gasteiger partial charge in [0.1, 0.15) is 17.2 Å². The van der Waals surface area contributed by atoms with Gasteiger partial charge in [-0.15, -0.1) is 0 Å². The van der Waals surface area contributed by atoms with Crippen LogP contribution in [0.1, 0.15) is 5.76 Å². The van der Waals surface area contributed by atoms with E-state index in [1.54, 1.807) is 18.4 Å². The fraction of sp³-hybridized carbons (Fsp3) is 0. The zero-order chi connectivity index (χ0) is 9.54. The van der Waals surface area contributed by atoms with E-state index in [9.17, 15) is 0 Å². The van der Waals surface area contributed by atoms with Crippen molar-refractivity contribution < 1.29 is 8.83 Å². The third-order valence-corrected chi connectivity index (χ3v) is 2.20. The van der Waals surface area contributed by atoms with Gasteiger partial charge in [-0.3, -0.25) is 0 Å². The van der Waals surface area contributed by atoms with E-state index in [4.69, 9.17) is 14.1 Å². The fourth-order valence-electron chi connectivity index (χ4n) is 1.55. The van der Waals surface area contributed by atoms with E-state index in [1.807, 2.05) is 18.2 Å². The van der Waals surface area contributed by atoms with Crippen LogP contribution in [0.5, 0.6) is 0 Å². The van der Waals surface area contributed by atoms with Gasteiger partial charge >= 0.3 is 0 Å². The average molecular weight is 183 g/mol. The van der Waals surface area contributed by atoms with Crippen LogP contribution in [-0.4, -0.2) is 0 Å². The Labute approximate surface area is 79.1 Å². The normalized spacial score (nSPS) is 10.8. The summed E-state index contributed by atoms with van der Waals surface area (Å²) in [6.07, 6.45) is 1.63. The molecular formula is C11H5NO2. The van der Waals surface area contributed by atoms with Gasteiger partial charge in [-0.25, -0.2) is 0 Å². The van der Waals surface area contributed by atoms with Crippen molar-refractivity contribution in [3.05, 3.63) is 36.3 Å². The van der Waals surface area contributed by atoms with Crippen molar-refractivity contribution in [1.29, 1.82) is 5.26 Å². The molecule has 1 aromatic carbocycles. The van der Waals surface area contributed by atoms with Crippen molar-refractivity contribution in [2.45, 2.75) is 0 Å². The van der Waals surface area contributed by atoms with Gasteiger partial charge in [0.15, 0.2) is 0 Å². The average Bonchev–Trinajstić information content (AvgIpc) is 2.77. The second-order valence-electron chi connectivity index (χ2n) is 3.07. The predicted molar refractivity (Wildman–Crippen MR) is 50.7 cm³/mol. The Hall–Kier alpha value is -2.21. The number of nitrogens with zero attached hydrogens (tertiary/aromatic N) is 1. The topological polar surface area (TPSA) is 50.1 Å². The maximum atomic E-state index is 8.66. The summed E-state index contributed by atoms with van der Waals surface area (Å²) in [5.41, 5.74) is 1.46. The molecule has 0 aliphatic heterocycles. The van der Waals surface area contributed by atoms with E-state index in [2.05, 4.69) is 0 Å². The van der Waals surface area contributed by atoms with E-state index < -0.39 is 0 Å². The van der Waals surface area contributed by atoms with Crippen LogP contribution in [0.25, 0.3) is 21.9 Å². The minimum atomic E-state index is 0.327. The molecule has 0 amide bonds. The van der Waals surface area contributed by atoms with Gasteiger partial charge in [-0.05, 0) is 12.1 Å². The lowest BCUT2D eigenvalue weighted by Gasteiger charge is -1.87. The summed E-state index contributed by atoms with van der Waals surface area (Å²) in [5.74, 6) is 0.327. The lowest BCUT2D eigenvalue weighted by Crippen LogP contribution is -1.63. The number of furan rings is 2. The highest BCUT2D eigenvalue weighted by molar-refractivity contribution is 5.93. The largest absolute Gasteiger partial charge is 0.464 e. The summed E-state index contributed by atoms with van der Waals surface area (Å²) in [4.78, 5) is 0. The molecule has 14 heavy (non-hydrogen) atoms. The molecule has 0 radical (unpaired) electrons. The SMILES string of the molecule is N#Cc1cc2cc3ccoc3cc2o1. The molecule has 3 heteroatoms. The molecule has 0 N–H and O–H groups in total.